The molecule has 5 rings (SSSR count). The van der Waals surface area contributed by atoms with E-state index in [0.717, 1.165) is 27.4 Å². The Bertz CT molecular complexity index is 1740. The van der Waals surface area contributed by atoms with E-state index < -0.39 is 21.6 Å². The van der Waals surface area contributed by atoms with Crippen LogP contribution in [0.3, 0.4) is 0 Å². The fraction of sp³-hybridized carbons (Fsp3) is 0.222. The first-order valence-corrected chi connectivity index (χ1v) is 13.6. The minimum Gasteiger partial charge on any atom is -0.477 e. The highest BCUT2D eigenvalue weighted by Crippen LogP contribution is 2.44. The van der Waals surface area contributed by atoms with E-state index >= 15 is 0 Å². The molecular weight excluding hydrogens is 481 g/mol. The van der Waals surface area contributed by atoms with E-state index in [1.807, 2.05) is 54.9 Å². The molecule has 0 saturated carbocycles. The number of nitrogens with one attached hydrogen (secondary N) is 2. The van der Waals surface area contributed by atoms with Crippen LogP contribution >= 0.6 is 0 Å². The van der Waals surface area contributed by atoms with Crippen LogP contribution in [0.2, 0.25) is 0 Å². The van der Waals surface area contributed by atoms with Crippen molar-refractivity contribution in [2.45, 2.75) is 26.3 Å². The molecule has 2 aromatic carbocycles. The van der Waals surface area contributed by atoms with Crippen molar-refractivity contribution in [1.82, 2.24) is 14.5 Å². The molecule has 5 aromatic rings. The maximum atomic E-state index is 14.6. The van der Waals surface area contributed by atoms with Crippen LogP contribution < -0.4 is 0 Å². The lowest BCUT2D eigenvalue weighted by Gasteiger charge is -2.14. The van der Waals surface area contributed by atoms with Crippen molar-refractivity contribution in [3.63, 3.8) is 0 Å². The Morgan fingerprint density at radius 2 is 1.89 bits per heavy atom. The molecule has 9 heteroatoms. The standard InChI is InChI=1S/C27H26FN3O4S/c1-15(2)23-24(19-5-4-6-22-18(19)8-10-31(22)11-12-36(3,34)35)26(27(32)33)30-25(23)20-13-16(28)14-21-17(20)7-9-29-21/h4-10,13-15,29-30H,11-12H2,1-3H3,(H,32,33). The van der Waals surface area contributed by atoms with Gasteiger partial charge in [0.1, 0.15) is 21.3 Å². The van der Waals surface area contributed by atoms with E-state index in [1.165, 1.54) is 18.4 Å². The zero-order valence-corrected chi connectivity index (χ0v) is 20.9. The Balaban J connectivity index is 1.79. The van der Waals surface area contributed by atoms with E-state index in [-0.39, 0.29) is 17.4 Å². The number of aromatic amines is 2. The molecule has 36 heavy (non-hydrogen) atoms. The van der Waals surface area contributed by atoms with Crippen LogP contribution in [0.4, 0.5) is 4.39 Å². The molecule has 0 unspecified atom stereocenters. The minimum atomic E-state index is -3.15. The first kappa shape index (κ1) is 23.9. The van der Waals surface area contributed by atoms with Gasteiger partial charge < -0.3 is 19.6 Å². The Morgan fingerprint density at radius 3 is 2.58 bits per heavy atom. The predicted molar refractivity (Wildman–Crippen MR) is 140 cm³/mol. The molecule has 186 valence electrons. The number of carboxylic acids is 1. The number of hydrogen-bond acceptors (Lipinski definition) is 3. The molecule has 0 fully saturated rings. The number of H-pyrrole nitrogens is 2. The summed E-state index contributed by atoms with van der Waals surface area (Å²) in [6.45, 7) is 4.25. The van der Waals surface area contributed by atoms with Crippen molar-refractivity contribution in [2.75, 3.05) is 12.0 Å². The summed E-state index contributed by atoms with van der Waals surface area (Å²) >= 11 is 0. The van der Waals surface area contributed by atoms with Gasteiger partial charge in [0.25, 0.3) is 0 Å². The van der Waals surface area contributed by atoms with Crippen molar-refractivity contribution < 1.29 is 22.7 Å². The monoisotopic (exact) mass is 507 g/mol. The highest BCUT2D eigenvalue weighted by atomic mass is 32.2. The SMILES string of the molecule is CC(C)c1c(-c2cc(F)cc3[nH]ccc23)[nH]c(C(=O)O)c1-c1cccc2c1ccn2CCS(C)(=O)=O. The van der Waals surface area contributed by atoms with Crippen molar-refractivity contribution in [3.05, 3.63) is 71.9 Å². The van der Waals surface area contributed by atoms with E-state index in [1.54, 1.807) is 6.20 Å². The van der Waals surface area contributed by atoms with Gasteiger partial charge in [0, 0.05) is 58.1 Å². The first-order valence-electron chi connectivity index (χ1n) is 11.6. The van der Waals surface area contributed by atoms with E-state index in [9.17, 15) is 22.7 Å². The van der Waals surface area contributed by atoms with Gasteiger partial charge in [-0.25, -0.2) is 17.6 Å². The molecule has 3 aromatic heterocycles. The van der Waals surface area contributed by atoms with Gasteiger partial charge in [-0.15, -0.1) is 0 Å². The Hall–Kier alpha value is -3.85. The highest BCUT2D eigenvalue weighted by molar-refractivity contribution is 7.90. The number of carboxylic acid groups (broad SMARTS) is 1. The number of halogens is 1. The number of sulfone groups is 1. The number of aromatic nitrogens is 3. The Kier molecular flexibility index (Phi) is 5.75. The third-order valence-electron chi connectivity index (χ3n) is 6.52. The molecular formula is C27H26FN3O4S. The molecule has 0 bridgehead atoms. The van der Waals surface area contributed by atoms with Gasteiger partial charge >= 0.3 is 5.97 Å². The van der Waals surface area contributed by atoms with E-state index in [2.05, 4.69) is 9.97 Å². The zero-order chi connectivity index (χ0) is 25.8. The van der Waals surface area contributed by atoms with Gasteiger partial charge in [-0.3, -0.25) is 0 Å². The van der Waals surface area contributed by atoms with Crippen LogP contribution in [0.1, 0.15) is 35.8 Å². The number of hydrogen-bond donors (Lipinski definition) is 3. The number of rotatable bonds is 7. The van der Waals surface area contributed by atoms with E-state index in [4.69, 9.17) is 0 Å². The van der Waals surface area contributed by atoms with Gasteiger partial charge in [0.2, 0.25) is 0 Å². The average molecular weight is 508 g/mol. The fourth-order valence-electron chi connectivity index (χ4n) is 4.98. The molecule has 0 aliphatic heterocycles. The van der Waals surface area contributed by atoms with Gasteiger partial charge in [0.15, 0.2) is 0 Å². The second kappa shape index (κ2) is 8.67. The van der Waals surface area contributed by atoms with Crippen molar-refractivity contribution in [3.8, 4) is 22.4 Å². The average Bonchev–Trinajstić information content (AvgIpc) is 3.52. The zero-order valence-electron chi connectivity index (χ0n) is 20.1. The van der Waals surface area contributed by atoms with Crippen LogP contribution in [0.15, 0.2) is 54.9 Å². The van der Waals surface area contributed by atoms with Crippen molar-refractivity contribution in [2.24, 2.45) is 0 Å². The predicted octanol–water partition coefficient (Wildman–Crippen LogP) is 5.79. The van der Waals surface area contributed by atoms with Crippen LogP contribution in [-0.2, 0) is 16.4 Å². The molecule has 0 spiro atoms. The third-order valence-corrected chi connectivity index (χ3v) is 7.44. The van der Waals surface area contributed by atoms with Gasteiger partial charge in [-0.2, -0.15) is 0 Å². The summed E-state index contributed by atoms with van der Waals surface area (Å²) in [4.78, 5) is 18.6. The first-order chi connectivity index (χ1) is 17.0. The Morgan fingerprint density at radius 1 is 1.11 bits per heavy atom. The van der Waals surface area contributed by atoms with Gasteiger partial charge in [0.05, 0.1) is 11.4 Å². The number of benzene rings is 2. The Labute approximate surface area is 207 Å². The molecule has 0 aliphatic carbocycles. The minimum absolute atomic E-state index is 0.000828. The van der Waals surface area contributed by atoms with Crippen molar-refractivity contribution >= 4 is 37.6 Å². The lowest BCUT2D eigenvalue weighted by atomic mass is 9.89. The third kappa shape index (κ3) is 4.09. The number of carbonyl (C=O) groups is 1. The van der Waals surface area contributed by atoms with Crippen LogP contribution in [0, 0.1) is 5.82 Å². The van der Waals surface area contributed by atoms with Crippen LogP contribution in [0.25, 0.3) is 44.2 Å². The summed E-state index contributed by atoms with van der Waals surface area (Å²) in [6.07, 6.45) is 4.75. The fourth-order valence-corrected chi connectivity index (χ4v) is 5.51. The number of fused-ring (bicyclic) bond motifs is 2. The second-order valence-corrected chi connectivity index (χ2v) is 11.7. The van der Waals surface area contributed by atoms with Crippen LogP contribution in [-0.4, -0.2) is 46.0 Å². The molecule has 3 N–H and O–H groups in total. The maximum Gasteiger partial charge on any atom is 0.352 e. The van der Waals surface area contributed by atoms with E-state index in [0.29, 0.717) is 28.9 Å². The summed E-state index contributed by atoms with van der Waals surface area (Å²) in [5, 5.41) is 11.8. The second-order valence-electron chi connectivity index (χ2n) is 9.39. The quantitative estimate of drug-likeness (QED) is 0.259. The number of nitrogens with zero attached hydrogens (tertiary/aromatic N) is 1. The molecule has 0 saturated heterocycles. The summed E-state index contributed by atoms with van der Waals surface area (Å²) in [5.74, 6) is -1.63. The van der Waals surface area contributed by atoms with Crippen LogP contribution in [0.5, 0.6) is 0 Å². The van der Waals surface area contributed by atoms with Gasteiger partial charge in [-0.1, -0.05) is 26.0 Å². The lowest BCUT2D eigenvalue weighted by Crippen LogP contribution is -2.10. The summed E-state index contributed by atoms with van der Waals surface area (Å²) in [6, 6.07) is 12.1. The molecule has 0 amide bonds. The normalized spacial score (nSPS) is 12.2. The smallest absolute Gasteiger partial charge is 0.352 e. The topological polar surface area (TPSA) is 108 Å². The molecule has 3 heterocycles. The molecule has 0 aliphatic rings. The molecule has 0 atom stereocenters. The summed E-state index contributed by atoms with van der Waals surface area (Å²) < 4.78 is 39.8. The molecule has 7 nitrogen and oxygen atoms in total. The lowest BCUT2D eigenvalue weighted by molar-refractivity contribution is 0.0692. The highest BCUT2D eigenvalue weighted by Gasteiger charge is 2.28. The number of aromatic carboxylic acids is 1. The number of aryl methyl sites for hydroxylation is 1. The van der Waals surface area contributed by atoms with Gasteiger partial charge in [-0.05, 0) is 47.4 Å². The largest absolute Gasteiger partial charge is 0.477 e. The molecule has 0 radical (unpaired) electrons. The van der Waals surface area contributed by atoms with Crippen molar-refractivity contribution in [1.29, 1.82) is 0 Å². The summed E-state index contributed by atoms with van der Waals surface area (Å²) in [5.41, 5.74) is 4.65. The maximum absolute atomic E-state index is 14.6. The summed E-state index contributed by atoms with van der Waals surface area (Å²) in [7, 11) is -3.15.